The predicted octanol–water partition coefficient (Wildman–Crippen LogP) is 1.40. The van der Waals surface area contributed by atoms with Gasteiger partial charge < -0.3 is 15.1 Å². The lowest BCUT2D eigenvalue weighted by Crippen LogP contribution is -2.39. The molecular formula is C13H16F3N3O2. The summed E-state index contributed by atoms with van der Waals surface area (Å²) in [7, 11) is 1.45. The van der Waals surface area contributed by atoms with Gasteiger partial charge in [-0.15, -0.1) is 0 Å². The molecule has 1 rings (SSSR count). The number of aliphatic hydroxyl groups excluding tert-OH is 2. The summed E-state index contributed by atoms with van der Waals surface area (Å²) < 4.78 is 38.1. The van der Waals surface area contributed by atoms with Crippen molar-refractivity contribution in [2.45, 2.75) is 13.1 Å². The van der Waals surface area contributed by atoms with Crippen LogP contribution in [0.3, 0.4) is 0 Å². The lowest BCUT2D eigenvalue weighted by atomic mass is 9.92. The van der Waals surface area contributed by atoms with Crippen LogP contribution in [0, 0.1) is 16.7 Å². The molecule has 0 aliphatic carbocycles. The molecule has 1 heterocycles. The molecule has 0 radical (unpaired) electrons. The summed E-state index contributed by atoms with van der Waals surface area (Å²) in [5, 5.41) is 27.5. The number of hydrogen-bond acceptors (Lipinski definition) is 5. The number of rotatable bonds is 5. The number of pyridine rings is 1. The Bertz CT molecular complexity index is 536. The molecule has 0 aliphatic heterocycles. The lowest BCUT2D eigenvalue weighted by Gasteiger charge is -2.31. The average molecular weight is 303 g/mol. The van der Waals surface area contributed by atoms with Gasteiger partial charge in [0.15, 0.2) is 0 Å². The maximum Gasteiger partial charge on any atom is 0.433 e. The van der Waals surface area contributed by atoms with E-state index in [-0.39, 0.29) is 31.1 Å². The molecule has 0 fully saturated rings. The number of alkyl halides is 3. The molecule has 0 bridgehead atoms. The second-order valence-corrected chi connectivity index (χ2v) is 5.16. The number of halogens is 3. The molecule has 0 saturated heterocycles. The van der Waals surface area contributed by atoms with Crippen molar-refractivity contribution in [3.05, 3.63) is 23.4 Å². The average Bonchev–Trinajstić information content (AvgIpc) is 2.45. The van der Waals surface area contributed by atoms with Crippen LogP contribution in [0.4, 0.5) is 19.0 Å². The van der Waals surface area contributed by atoms with Crippen molar-refractivity contribution in [3.8, 4) is 6.07 Å². The fourth-order valence-corrected chi connectivity index (χ4v) is 1.78. The van der Waals surface area contributed by atoms with Gasteiger partial charge >= 0.3 is 6.18 Å². The first-order chi connectivity index (χ1) is 9.66. The van der Waals surface area contributed by atoms with Gasteiger partial charge in [-0.25, -0.2) is 4.98 Å². The van der Waals surface area contributed by atoms with Crippen molar-refractivity contribution in [3.63, 3.8) is 0 Å². The Kier molecular flexibility index (Phi) is 5.15. The van der Waals surface area contributed by atoms with Gasteiger partial charge in [0.2, 0.25) is 0 Å². The zero-order valence-corrected chi connectivity index (χ0v) is 11.6. The number of aromatic nitrogens is 1. The number of aliphatic hydroxyl groups is 2. The Morgan fingerprint density at radius 2 is 1.86 bits per heavy atom. The third-order valence-corrected chi connectivity index (χ3v) is 3.03. The Balaban J connectivity index is 3.19. The van der Waals surface area contributed by atoms with Gasteiger partial charge in [-0.2, -0.15) is 18.4 Å². The molecule has 0 spiro atoms. The molecule has 116 valence electrons. The van der Waals surface area contributed by atoms with Crippen LogP contribution in [0.25, 0.3) is 0 Å². The molecule has 0 unspecified atom stereocenters. The van der Waals surface area contributed by atoms with Crippen molar-refractivity contribution in [1.82, 2.24) is 4.98 Å². The van der Waals surface area contributed by atoms with E-state index in [0.717, 1.165) is 12.1 Å². The van der Waals surface area contributed by atoms with E-state index in [9.17, 15) is 23.4 Å². The molecule has 2 N–H and O–H groups in total. The van der Waals surface area contributed by atoms with E-state index in [1.54, 1.807) is 13.0 Å². The fraction of sp³-hybridized carbons (Fsp3) is 0.538. The molecule has 5 nitrogen and oxygen atoms in total. The third kappa shape index (κ3) is 4.06. The molecule has 1 aromatic heterocycles. The van der Waals surface area contributed by atoms with E-state index in [1.807, 2.05) is 0 Å². The van der Waals surface area contributed by atoms with Crippen molar-refractivity contribution < 1.29 is 23.4 Å². The first kappa shape index (κ1) is 17.2. The molecule has 0 aromatic carbocycles. The van der Waals surface area contributed by atoms with E-state index in [2.05, 4.69) is 4.98 Å². The first-order valence-corrected chi connectivity index (χ1v) is 6.08. The Morgan fingerprint density at radius 3 is 2.29 bits per heavy atom. The van der Waals surface area contributed by atoms with E-state index in [4.69, 9.17) is 5.26 Å². The van der Waals surface area contributed by atoms with Crippen LogP contribution in [-0.4, -0.2) is 42.0 Å². The predicted molar refractivity (Wildman–Crippen MR) is 69.5 cm³/mol. The van der Waals surface area contributed by atoms with Gasteiger partial charge in [0.05, 0.1) is 18.8 Å². The highest BCUT2D eigenvalue weighted by atomic mass is 19.4. The van der Waals surface area contributed by atoms with E-state index < -0.39 is 17.3 Å². The molecule has 0 amide bonds. The normalized spacial score (nSPS) is 12.1. The van der Waals surface area contributed by atoms with Gasteiger partial charge in [-0.05, 0) is 12.1 Å². The van der Waals surface area contributed by atoms with Crippen LogP contribution in [0.1, 0.15) is 18.2 Å². The third-order valence-electron chi connectivity index (χ3n) is 3.03. The quantitative estimate of drug-likeness (QED) is 0.859. The molecule has 0 aliphatic rings. The highest BCUT2D eigenvalue weighted by Gasteiger charge is 2.34. The summed E-state index contributed by atoms with van der Waals surface area (Å²) in [6.45, 7) is 0.912. The molecule has 8 heteroatoms. The van der Waals surface area contributed by atoms with Crippen LogP contribution in [-0.2, 0) is 6.18 Å². The number of nitrogens with zero attached hydrogens (tertiary/aromatic N) is 3. The molecule has 21 heavy (non-hydrogen) atoms. The van der Waals surface area contributed by atoms with Crippen LogP contribution >= 0.6 is 0 Å². The summed E-state index contributed by atoms with van der Waals surface area (Å²) in [6, 6.07) is 3.58. The number of anilines is 1. The van der Waals surface area contributed by atoms with Crippen LogP contribution in [0.2, 0.25) is 0 Å². The van der Waals surface area contributed by atoms with Gasteiger partial charge in [-0.1, -0.05) is 6.92 Å². The SMILES string of the molecule is CN(CC(C)(CO)CO)c1nc(C(F)(F)F)ccc1C#N. The Hall–Kier alpha value is -1.85. The smallest absolute Gasteiger partial charge is 0.396 e. The highest BCUT2D eigenvalue weighted by molar-refractivity contribution is 5.54. The van der Waals surface area contributed by atoms with E-state index in [0.29, 0.717) is 0 Å². The Labute approximate surface area is 120 Å². The minimum atomic E-state index is -4.61. The van der Waals surface area contributed by atoms with Gasteiger partial charge in [0.1, 0.15) is 17.6 Å². The summed E-state index contributed by atoms with van der Waals surface area (Å²) in [5.74, 6) is -0.138. The topological polar surface area (TPSA) is 80.4 Å². The first-order valence-electron chi connectivity index (χ1n) is 6.08. The maximum atomic E-state index is 12.7. The summed E-state index contributed by atoms with van der Waals surface area (Å²) in [6.07, 6.45) is -4.61. The van der Waals surface area contributed by atoms with Crippen molar-refractivity contribution >= 4 is 5.82 Å². The van der Waals surface area contributed by atoms with Crippen molar-refractivity contribution in [1.29, 1.82) is 5.26 Å². The van der Waals surface area contributed by atoms with Crippen LogP contribution in [0.5, 0.6) is 0 Å². The van der Waals surface area contributed by atoms with Crippen molar-refractivity contribution in [2.24, 2.45) is 5.41 Å². The number of nitriles is 1. The Morgan fingerprint density at radius 1 is 1.29 bits per heavy atom. The van der Waals surface area contributed by atoms with Crippen molar-refractivity contribution in [2.75, 3.05) is 31.7 Å². The van der Waals surface area contributed by atoms with Gasteiger partial charge in [0.25, 0.3) is 0 Å². The number of hydrogen-bond donors (Lipinski definition) is 2. The fourth-order valence-electron chi connectivity index (χ4n) is 1.78. The standard InChI is InChI=1S/C13H16F3N3O2/c1-12(7-20,8-21)6-19(2)11-9(5-17)3-4-10(18-11)13(14,15)16/h3-4,20-21H,6-8H2,1-2H3. The maximum absolute atomic E-state index is 12.7. The highest BCUT2D eigenvalue weighted by Crippen LogP contribution is 2.31. The summed E-state index contributed by atoms with van der Waals surface area (Å²) in [5.41, 5.74) is -2.03. The second kappa shape index (κ2) is 6.28. The zero-order chi connectivity index (χ0) is 16.3. The lowest BCUT2D eigenvalue weighted by molar-refractivity contribution is -0.141. The minimum absolute atomic E-state index is 0.0104. The molecule has 0 saturated carbocycles. The van der Waals surface area contributed by atoms with Gasteiger partial charge in [-0.3, -0.25) is 0 Å². The zero-order valence-electron chi connectivity index (χ0n) is 11.6. The second-order valence-electron chi connectivity index (χ2n) is 5.16. The van der Waals surface area contributed by atoms with E-state index >= 15 is 0 Å². The molecule has 0 atom stereocenters. The minimum Gasteiger partial charge on any atom is -0.396 e. The monoisotopic (exact) mass is 303 g/mol. The van der Waals surface area contributed by atoms with Gasteiger partial charge in [0, 0.05) is 19.0 Å². The summed E-state index contributed by atoms with van der Waals surface area (Å²) in [4.78, 5) is 4.80. The molecular weight excluding hydrogens is 287 g/mol. The van der Waals surface area contributed by atoms with Crippen LogP contribution < -0.4 is 4.90 Å². The van der Waals surface area contributed by atoms with Crippen LogP contribution in [0.15, 0.2) is 12.1 Å². The molecule has 1 aromatic rings. The van der Waals surface area contributed by atoms with E-state index in [1.165, 1.54) is 11.9 Å². The summed E-state index contributed by atoms with van der Waals surface area (Å²) >= 11 is 0. The largest absolute Gasteiger partial charge is 0.433 e.